The van der Waals surface area contributed by atoms with Crippen molar-refractivity contribution in [2.45, 2.75) is 13.1 Å². The molecule has 0 radical (unpaired) electrons. The maximum Gasteiger partial charge on any atom is 0.134 e. The first kappa shape index (κ1) is 10.2. The second-order valence-corrected chi connectivity index (χ2v) is 3.93. The lowest BCUT2D eigenvalue weighted by atomic mass is 10.2. The van der Waals surface area contributed by atoms with Gasteiger partial charge in [0.2, 0.25) is 0 Å². The third-order valence-electron chi connectivity index (χ3n) is 2.66. The molecule has 3 heteroatoms. The molecule has 1 N–H and O–H groups in total. The van der Waals surface area contributed by atoms with Crippen molar-refractivity contribution in [2.24, 2.45) is 0 Å². The van der Waals surface area contributed by atoms with Crippen LogP contribution in [0.4, 0.5) is 0 Å². The van der Waals surface area contributed by atoms with E-state index in [-0.39, 0.29) is 0 Å². The number of benzene rings is 1. The van der Waals surface area contributed by atoms with Crippen LogP contribution in [0.5, 0.6) is 0 Å². The standard InChI is InChI=1S/C14H13NO2/c1-2-6-14-11(4-1)8-13(17-14)10-15-9-12-5-3-7-16-12/h1-8,15H,9-10H2. The van der Waals surface area contributed by atoms with Crippen LogP contribution >= 0.6 is 0 Å². The molecule has 3 aromatic rings. The molecule has 17 heavy (non-hydrogen) atoms. The highest BCUT2D eigenvalue weighted by Crippen LogP contribution is 2.18. The van der Waals surface area contributed by atoms with E-state index in [0.29, 0.717) is 13.1 Å². The number of hydrogen-bond donors (Lipinski definition) is 1. The van der Waals surface area contributed by atoms with Crippen LogP contribution in [-0.2, 0) is 13.1 Å². The first-order valence-electron chi connectivity index (χ1n) is 5.62. The minimum Gasteiger partial charge on any atom is -0.468 e. The second kappa shape index (κ2) is 4.47. The quantitative estimate of drug-likeness (QED) is 0.743. The fraction of sp³-hybridized carbons (Fsp3) is 0.143. The molecule has 0 saturated heterocycles. The largest absolute Gasteiger partial charge is 0.468 e. The van der Waals surface area contributed by atoms with E-state index in [1.54, 1.807) is 6.26 Å². The minimum absolute atomic E-state index is 0.704. The number of fused-ring (bicyclic) bond motifs is 1. The molecule has 0 aliphatic rings. The molecule has 0 bridgehead atoms. The van der Waals surface area contributed by atoms with Crippen molar-refractivity contribution in [2.75, 3.05) is 0 Å². The Bertz CT molecular complexity index is 563. The average Bonchev–Trinajstić information content (AvgIpc) is 2.96. The van der Waals surface area contributed by atoms with Crippen LogP contribution in [-0.4, -0.2) is 0 Å². The molecule has 2 heterocycles. The smallest absolute Gasteiger partial charge is 0.134 e. The van der Waals surface area contributed by atoms with Crippen molar-refractivity contribution in [3.05, 3.63) is 60.2 Å². The van der Waals surface area contributed by atoms with Crippen molar-refractivity contribution in [3.8, 4) is 0 Å². The summed E-state index contributed by atoms with van der Waals surface area (Å²) in [7, 11) is 0. The molecule has 0 amide bonds. The summed E-state index contributed by atoms with van der Waals surface area (Å²) in [6, 6.07) is 13.9. The van der Waals surface area contributed by atoms with Gasteiger partial charge in [-0.3, -0.25) is 0 Å². The summed E-state index contributed by atoms with van der Waals surface area (Å²) >= 11 is 0. The van der Waals surface area contributed by atoms with E-state index >= 15 is 0 Å². The summed E-state index contributed by atoms with van der Waals surface area (Å²) in [5, 5.41) is 4.42. The first-order valence-corrected chi connectivity index (χ1v) is 5.62. The zero-order chi connectivity index (χ0) is 11.5. The maximum absolute atomic E-state index is 5.69. The molecule has 3 nitrogen and oxygen atoms in total. The molecule has 3 rings (SSSR count). The molecule has 0 atom stereocenters. The van der Waals surface area contributed by atoms with Crippen molar-refractivity contribution in [1.82, 2.24) is 5.32 Å². The Hall–Kier alpha value is -2.00. The van der Waals surface area contributed by atoms with Gasteiger partial charge >= 0.3 is 0 Å². The summed E-state index contributed by atoms with van der Waals surface area (Å²) in [5.41, 5.74) is 0.933. The number of hydrogen-bond acceptors (Lipinski definition) is 3. The Morgan fingerprint density at radius 2 is 1.82 bits per heavy atom. The van der Waals surface area contributed by atoms with Gasteiger partial charge in [0.15, 0.2) is 0 Å². The molecule has 0 saturated carbocycles. The first-order chi connectivity index (χ1) is 8.42. The zero-order valence-corrected chi connectivity index (χ0v) is 9.35. The Balaban J connectivity index is 1.65. The van der Waals surface area contributed by atoms with Gasteiger partial charge in [-0.1, -0.05) is 18.2 Å². The Morgan fingerprint density at radius 3 is 2.65 bits per heavy atom. The van der Waals surface area contributed by atoms with Crippen molar-refractivity contribution < 1.29 is 8.83 Å². The third kappa shape index (κ3) is 2.24. The van der Waals surface area contributed by atoms with E-state index in [0.717, 1.165) is 22.5 Å². The molecule has 0 aliphatic heterocycles. The van der Waals surface area contributed by atoms with E-state index in [4.69, 9.17) is 8.83 Å². The number of rotatable bonds is 4. The van der Waals surface area contributed by atoms with E-state index < -0.39 is 0 Å². The maximum atomic E-state index is 5.69. The van der Waals surface area contributed by atoms with Gasteiger partial charge in [0.25, 0.3) is 0 Å². The van der Waals surface area contributed by atoms with E-state index in [2.05, 4.69) is 17.4 Å². The zero-order valence-electron chi connectivity index (χ0n) is 9.35. The summed E-state index contributed by atoms with van der Waals surface area (Å²) in [4.78, 5) is 0. The molecule has 0 unspecified atom stereocenters. The van der Waals surface area contributed by atoms with Crippen LogP contribution in [0.15, 0.2) is 57.6 Å². The molecular weight excluding hydrogens is 214 g/mol. The lowest BCUT2D eigenvalue weighted by Gasteiger charge is -1.98. The Kier molecular flexibility index (Phi) is 2.68. The summed E-state index contributed by atoms with van der Waals surface area (Å²) < 4.78 is 10.9. The lowest BCUT2D eigenvalue weighted by Crippen LogP contribution is -2.11. The van der Waals surface area contributed by atoms with Gasteiger partial charge < -0.3 is 14.2 Å². The van der Waals surface area contributed by atoms with Gasteiger partial charge in [-0.15, -0.1) is 0 Å². The Morgan fingerprint density at radius 1 is 0.941 bits per heavy atom. The fourth-order valence-electron chi connectivity index (χ4n) is 1.85. The highest BCUT2D eigenvalue weighted by atomic mass is 16.3. The van der Waals surface area contributed by atoms with Gasteiger partial charge in [0.1, 0.15) is 17.1 Å². The van der Waals surface area contributed by atoms with E-state index in [1.165, 1.54) is 0 Å². The van der Waals surface area contributed by atoms with Gasteiger partial charge in [0, 0.05) is 5.39 Å². The minimum atomic E-state index is 0.704. The van der Waals surface area contributed by atoms with Crippen molar-refractivity contribution in [3.63, 3.8) is 0 Å². The topological polar surface area (TPSA) is 38.3 Å². The molecule has 1 aromatic carbocycles. The molecule has 86 valence electrons. The van der Waals surface area contributed by atoms with Crippen LogP contribution in [0, 0.1) is 0 Å². The van der Waals surface area contributed by atoms with Gasteiger partial charge in [-0.25, -0.2) is 0 Å². The highest BCUT2D eigenvalue weighted by molar-refractivity contribution is 5.77. The molecule has 0 aliphatic carbocycles. The fourth-order valence-corrected chi connectivity index (χ4v) is 1.85. The van der Waals surface area contributed by atoms with E-state index in [1.807, 2.05) is 30.3 Å². The van der Waals surface area contributed by atoms with Crippen LogP contribution in [0.2, 0.25) is 0 Å². The predicted octanol–water partition coefficient (Wildman–Crippen LogP) is 3.32. The summed E-state index contributed by atoms with van der Waals surface area (Å²) in [6.45, 7) is 1.42. The van der Waals surface area contributed by atoms with Crippen LogP contribution in [0.1, 0.15) is 11.5 Å². The molecule has 2 aromatic heterocycles. The lowest BCUT2D eigenvalue weighted by molar-refractivity contribution is 0.462. The van der Waals surface area contributed by atoms with Crippen LogP contribution in [0.3, 0.4) is 0 Å². The molecule has 0 spiro atoms. The predicted molar refractivity (Wildman–Crippen MR) is 65.5 cm³/mol. The van der Waals surface area contributed by atoms with Gasteiger partial charge in [-0.2, -0.15) is 0 Å². The van der Waals surface area contributed by atoms with Crippen molar-refractivity contribution >= 4 is 11.0 Å². The summed E-state index contributed by atoms with van der Waals surface area (Å²) in [6.07, 6.45) is 1.68. The molecular formula is C14H13NO2. The van der Waals surface area contributed by atoms with Gasteiger partial charge in [0.05, 0.1) is 19.4 Å². The van der Waals surface area contributed by atoms with E-state index in [9.17, 15) is 0 Å². The second-order valence-electron chi connectivity index (χ2n) is 3.93. The van der Waals surface area contributed by atoms with Gasteiger partial charge in [-0.05, 0) is 24.3 Å². The SMILES string of the molecule is c1coc(CNCc2cc3ccccc3o2)c1. The van der Waals surface area contributed by atoms with Crippen molar-refractivity contribution in [1.29, 1.82) is 0 Å². The normalized spacial score (nSPS) is 11.1. The van der Waals surface area contributed by atoms with Crippen LogP contribution in [0.25, 0.3) is 11.0 Å². The number of furan rings is 2. The van der Waals surface area contributed by atoms with Crippen LogP contribution < -0.4 is 5.32 Å². The highest BCUT2D eigenvalue weighted by Gasteiger charge is 2.02. The Labute approximate surface area is 99.0 Å². The third-order valence-corrected chi connectivity index (χ3v) is 2.66. The molecule has 0 fully saturated rings. The monoisotopic (exact) mass is 227 g/mol. The summed E-state index contributed by atoms with van der Waals surface area (Å²) in [5.74, 6) is 1.87. The number of para-hydroxylation sites is 1. The number of nitrogens with one attached hydrogen (secondary N) is 1. The average molecular weight is 227 g/mol.